The third-order valence-electron chi connectivity index (χ3n) is 1.96. The summed E-state index contributed by atoms with van der Waals surface area (Å²) in [6.07, 6.45) is 3.16. The van der Waals surface area contributed by atoms with Gasteiger partial charge >= 0.3 is 0 Å². The summed E-state index contributed by atoms with van der Waals surface area (Å²) in [6.45, 7) is 3.62. The summed E-state index contributed by atoms with van der Waals surface area (Å²) in [5.74, 6) is 0.249. The molecule has 0 radical (unpaired) electrons. The van der Waals surface area contributed by atoms with Crippen LogP contribution in [0.4, 0.5) is 0 Å². The van der Waals surface area contributed by atoms with E-state index in [1.807, 2.05) is 0 Å². The van der Waals surface area contributed by atoms with Gasteiger partial charge in [-0.05, 0) is 26.7 Å². The quantitative estimate of drug-likeness (QED) is 0.609. The standard InChI is InChI=1S/C10H23NO3S/c1-10(2,11)9-15(13,14)8-6-4-3-5-7-12/h12H,3-9,11H2,1-2H3. The van der Waals surface area contributed by atoms with Crippen molar-refractivity contribution in [1.82, 2.24) is 0 Å². The van der Waals surface area contributed by atoms with Crippen molar-refractivity contribution in [2.24, 2.45) is 5.73 Å². The molecule has 0 bridgehead atoms. The summed E-state index contributed by atoms with van der Waals surface area (Å²) in [4.78, 5) is 0. The predicted molar refractivity (Wildman–Crippen MR) is 62.5 cm³/mol. The molecule has 4 nitrogen and oxygen atoms in total. The van der Waals surface area contributed by atoms with Crippen molar-refractivity contribution < 1.29 is 13.5 Å². The average molecular weight is 237 g/mol. The lowest BCUT2D eigenvalue weighted by Gasteiger charge is -2.18. The Hall–Kier alpha value is -0.130. The minimum absolute atomic E-state index is 0.0417. The number of aliphatic hydroxyl groups excluding tert-OH is 1. The summed E-state index contributed by atoms with van der Waals surface area (Å²) in [7, 11) is -3.01. The zero-order valence-corrected chi connectivity index (χ0v) is 10.5. The maximum Gasteiger partial charge on any atom is 0.152 e. The van der Waals surface area contributed by atoms with Gasteiger partial charge in [0.2, 0.25) is 0 Å². The Balaban J connectivity index is 3.76. The van der Waals surface area contributed by atoms with Crippen LogP contribution in [0.1, 0.15) is 39.5 Å². The van der Waals surface area contributed by atoms with Gasteiger partial charge in [0.15, 0.2) is 9.84 Å². The number of unbranched alkanes of at least 4 members (excludes halogenated alkanes) is 3. The molecule has 0 aliphatic heterocycles. The second kappa shape index (κ2) is 6.45. The Morgan fingerprint density at radius 1 is 1.13 bits per heavy atom. The van der Waals surface area contributed by atoms with Crippen molar-refractivity contribution in [2.45, 2.75) is 45.1 Å². The van der Waals surface area contributed by atoms with Crippen molar-refractivity contribution in [2.75, 3.05) is 18.1 Å². The summed E-state index contributed by atoms with van der Waals surface area (Å²) < 4.78 is 23.1. The largest absolute Gasteiger partial charge is 0.396 e. The van der Waals surface area contributed by atoms with E-state index in [0.717, 1.165) is 19.3 Å². The molecule has 0 fully saturated rings. The highest BCUT2D eigenvalue weighted by atomic mass is 32.2. The predicted octanol–water partition coefficient (Wildman–Crippen LogP) is 0.691. The molecule has 0 aromatic rings. The third kappa shape index (κ3) is 10.2. The Morgan fingerprint density at radius 2 is 1.67 bits per heavy atom. The maximum atomic E-state index is 11.5. The first-order valence-corrected chi connectivity index (χ1v) is 7.19. The SMILES string of the molecule is CC(C)(N)CS(=O)(=O)CCCCCCO. The van der Waals surface area contributed by atoms with Crippen LogP contribution in [0.3, 0.4) is 0 Å². The van der Waals surface area contributed by atoms with Gasteiger partial charge in [-0.2, -0.15) is 0 Å². The van der Waals surface area contributed by atoms with Crippen LogP contribution in [0.25, 0.3) is 0 Å². The number of hydrogen-bond acceptors (Lipinski definition) is 4. The van der Waals surface area contributed by atoms with Gasteiger partial charge in [0.25, 0.3) is 0 Å². The molecule has 0 aromatic heterocycles. The van der Waals surface area contributed by atoms with Gasteiger partial charge in [-0.15, -0.1) is 0 Å². The van der Waals surface area contributed by atoms with Crippen molar-refractivity contribution in [3.05, 3.63) is 0 Å². The van der Waals surface area contributed by atoms with Gasteiger partial charge in [-0.3, -0.25) is 0 Å². The second-order valence-corrected chi connectivity index (χ2v) is 6.90. The van der Waals surface area contributed by atoms with Crippen LogP contribution in [0.2, 0.25) is 0 Å². The Kier molecular flexibility index (Phi) is 6.40. The fourth-order valence-electron chi connectivity index (χ4n) is 1.43. The Bertz CT molecular complexity index is 254. The van der Waals surface area contributed by atoms with E-state index in [1.165, 1.54) is 0 Å². The van der Waals surface area contributed by atoms with Crippen LogP contribution in [-0.2, 0) is 9.84 Å². The normalized spacial score (nSPS) is 13.1. The Labute approximate surface area is 92.8 Å². The van der Waals surface area contributed by atoms with Crippen molar-refractivity contribution in [3.63, 3.8) is 0 Å². The first-order valence-electron chi connectivity index (χ1n) is 5.37. The van der Waals surface area contributed by atoms with Gasteiger partial charge in [0.1, 0.15) is 0 Å². The zero-order valence-electron chi connectivity index (χ0n) is 9.70. The fourth-order valence-corrected chi connectivity index (χ4v) is 3.35. The molecule has 15 heavy (non-hydrogen) atoms. The van der Waals surface area contributed by atoms with E-state index < -0.39 is 15.4 Å². The minimum atomic E-state index is -3.01. The monoisotopic (exact) mass is 237 g/mol. The zero-order chi connectivity index (χ0) is 11.9. The Morgan fingerprint density at radius 3 is 2.13 bits per heavy atom. The number of hydrogen-bond donors (Lipinski definition) is 2. The minimum Gasteiger partial charge on any atom is -0.396 e. The van der Waals surface area contributed by atoms with Crippen LogP contribution >= 0.6 is 0 Å². The molecule has 0 heterocycles. The van der Waals surface area contributed by atoms with Crippen LogP contribution in [0, 0.1) is 0 Å². The van der Waals surface area contributed by atoms with Gasteiger partial charge in [-0.25, -0.2) is 8.42 Å². The molecule has 0 saturated carbocycles. The first kappa shape index (κ1) is 14.9. The molecule has 0 spiro atoms. The highest BCUT2D eigenvalue weighted by molar-refractivity contribution is 7.91. The van der Waals surface area contributed by atoms with Crippen LogP contribution in [-0.4, -0.2) is 37.2 Å². The molecule has 3 N–H and O–H groups in total. The van der Waals surface area contributed by atoms with E-state index in [-0.39, 0.29) is 18.1 Å². The molecular weight excluding hydrogens is 214 g/mol. The maximum absolute atomic E-state index is 11.5. The van der Waals surface area contributed by atoms with E-state index in [9.17, 15) is 8.42 Å². The van der Waals surface area contributed by atoms with Crippen molar-refractivity contribution in [3.8, 4) is 0 Å². The fraction of sp³-hybridized carbons (Fsp3) is 1.00. The summed E-state index contributed by atoms with van der Waals surface area (Å²) in [5, 5.41) is 8.54. The second-order valence-electron chi connectivity index (χ2n) is 4.72. The van der Waals surface area contributed by atoms with E-state index in [2.05, 4.69) is 0 Å². The van der Waals surface area contributed by atoms with Gasteiger partial charge in [-0.1, -0.05) is 12.8 Å². The molecule has 0 aliphatic carbocycles. The first-order chi connectivity index (χ1) is 6.77. The van der Waals surface area contributed by atoms with Gasteiger partial charge in [0.05, 0.1) is 11.5 Å². The third-order valence-corrected chi connectivity index (χ3v) is 4.05. The lowest BCUT2D eigenvalue weighted by molar-refractivity contribution is 0.283. The smallest absolute Gasteiger partial charge is 0.152 e. The molecule has 0 atom stereocenters. The van der Waals surface area contributed by atoms with Gasteiger partial charge in [0, 0.05) is 12.1 Å². The number of aliphatic hydroxyl groups is 1. The number of nitrogens with two attached hydrogens (primary N) is 1. The van der Waals surface area contributed by atoms with Crippen LogP contribution in [0.15, 0.2) is 0 Å². The molecule has 92 valence electrons. The van der Waals surface area contributed by atoms with E-state index in [1.54, 1.807) is 13.8 Å². The molecule has 0 saturated heterocycles. The lowest BCUT2D eigenvalue weighted by atomic mass is 10.1. The molecule has 5 heteroatoms. The van der Waals surface area contributed by atoms with Gasteiger partial charge < -0.3 is 10.8 Å². The van der Waals surface area contributed by atoms with E-state index in [0.29, 0.717) is 6.42 Å². The summed E-state index contributed by atoms with van der Waals surface area (Å²) >= 11 is 0. The van der Waals surface area contributed by atoms with E-state index in [4.69, 9.17) is 10.8 Å². The number of sulfone groups is 1. The topological polar surface area (TPSA) is 80.4 Å². The summed E-state index contributed by atoms with van der Waals surface area (Å²) in [5.41, 5.74) is 5.01. The molecule has 0 rings (SSSR count). The molecule has 0 amide bonds. The molecule has 0 unspecified atom stereocenters. The van der Waals surface area contributed by atoms with Crippen LogP contribution < -0.4 is 5.73 Å². The lowest BCUT2D eigenvalue weighted by Crippen LogP contribution is -2.40. The highest BCUT2D eigenvalue weighted by Gasteiger charge is 2.21. The van der Waals surface area contributed by atoms with Crippen molar-refractivity contribution in [1.29, 1.82) is 0 Å². The summed E-state index contributed by atoms with van der Waals surface area (Å²) in [6, 6.07) is 0. The molecule has 0 aromatic carbocycles. The highest BCUT2D eigenvalue weighted by Crippen LogP contribution is 2.07. The van der Waals surface area contributed by atoms with E-state index >= 15 is 0 Å². The number of rotatable bonds is 8. The van der Waals surface area contributed by atoms with Crippen LogP contribution in [0.5, 0.6) is 0 Å². The molecular formula is C10H23NO3S. The molecule has 0 aliphatic rings. The average Bonchev–Trinajstić information content (AvgIpc) is 1.99. The van der Waals surface area contributed by atoms with Crippen molar-refractivity contribution >= 4 is 9.84 Å².